The first kappa shape index (κ1) is 19.3. The fourth-order valence-corrected chi connectivity index (χ4v) is 3.24. The van der Waals surface area contributed by atoms with Gasteiger partial charge in [0, 0.05) is 17.9 Å². The van der Waals surface area contributed by atoms with Gasteiger partial charge >= 0.3 is 0 Å². The summed E-state index contributed by atoms with van der Waals surface area (Å²) in [6.45, 7) is 6.04. The van der Waals surface area contributed by atoms with Crippen molar-refractivity contribution >= 4 is 11.8 Å². The largest absolute Gasteiger partial charge is 0.439 e. The Morgan fingerprint density at radius 3 is 2.52 bits per heavy atom. The summed E-state index contributed by atoms with van der Waals surface area (Å²) in [5.41, 5.74) is 2.25. The van der Waals surface area contributed by atoms with Crippen LogP contribution in [0.25, 0.3) is 0 Å². The molecule has 140 valence electrons. The van der Waals surface area contributed by atoms with Crippen LogP contribution in [0, 0.1) is 18.6 Å². The maximum atomic E-state index is 13.9. The summed E-state index contributed by atoms with van der Waals surface area (Å²) in [6.07, 6.45) is 0. The molecule has 0 aliphatic heterocycles. The minimum atomic E-state index is -0.590. The van der Waals surface area contributed by atoms with Gasteiger partial charge in [-0.05, 0) is 36.1 Å². The molecule has 0 bridgehead atoms. The maximum absolute atomic E-state index is 13.9. The van der Waals surface area contributed by atoms with Crippen molar-refractivity contribution < 1.29 is 13.5 Å². The van der Waals surface area contributed by atoms with E-state index in [1.807, 2.05) is 51.1 Å². The first-order valence-electron chi connectivity index (χ1n) is 8.61. The van der Waals surface area contributed by atoms with E-state index in [-0.39, 0.29) is 5.92 Å². The second kappa shape index (κ2) is 8.48. The molecule has 1 heterocycles. The normalized spacial score (nSPS) is 11.0. The summed E-state index contributed by atoms with van der Waals surface area (Å²) in [6, 6.07) is 13.1. The van der Waals surface area contributed by atoms with Crippen molar-refractivity contribution in [3.05, 3.63) is 77.0 Å². The molecule has 1 aromatic heterocycles. The number of nitrogens with zero attached hydrogens (tertiary/aromatic N) is 2. The number of halogens is 2. The molecule has 0 atom stereocenters. The van der Waals surface area contributed by atoms with Crippen LogP contribution in [0.1, 0.15) is 36.6 Å². The molecule has 0 fully saturated rings. The summed E-state index contributed by atoms with van der Waals surface area (Å²) >= 11 is 1.29. The fourth-order valence-electron chi connectivity index (χ4n) is 2.40. The van der Waals surface area contributed by atoms with E-state index in [4.69, 9.17) is 4.74 Å². The highest BCUT2D eigenvalue weighted by Crippen LogP contribution is 2.29. The van der Waals surface area contributed by atoms with Crippen LogP contribution in [-0.2, 0) is 5.75 Å². The van der Waals surface area contributed by atoms with Crippen molar-refractivity contribution in [1.82, 2.24) is 9.97 Å². The van der Waals surface area contributed by atoms with Gasteiger partial charge in [-0.3, -0.25) is 0 Å². The lowest BCUT2D eigenvalue weighted by Crippen LogP contribution is -2.00. The SMILES string of the molecule is Cc1ccccc1Oc1cc(C(C)C)nc(SCc2ccc(F)cc2F)n1. The monoisotopic (exact) mass is 386 g/mol. The average molecular weight is 386 g/mol. The lowest BCUT2D eigenvalue weighted by molar-refractivity contribution is 0.449. The zero-order valence-corrected chi connectivity index (χ0v) is 16.2. The topological polar surface area (TPSA) is 35.0 Å². The molecule has 3 aromatic rings. The van der Waals surface area contributed by atoms with Crippen LogP contribution < -0.4 is 4.74 Å². The van der Waals surface area contributed by atoms with Crippen LogP contribution in [0.2, 0.25) is 0 Å². The summed E-state index contributed by atoms with van der Waals surface area (Å²) in [4.78, 5) is 8.98. The highest BCUT2D eigenvalue weighted by atomic mass is 32.2. The van der Waals surface area contributed by atoms with E-state index in [1.165, 1.54) is 23.9 Å². The van der Waals surface area contributed by atoms with Crippen molar-refractivity contribution in [2.75, 3.05) is 0 Å². The third-order valence-electron chi connectivity index (χ3n) is 3.97. The lowest BCUT2D eigenvalue weighted by atomic mass is 10.1. The van der Waals surface area contributed by atoms with Gasteiger partial charge in [0.05, 0.1) is 5.69 Å². The number of benzene rings is 2. The van der Waals surface area contributed by atoms with Crippen LogP contribution in [0.3, 0.4) is 0 Å². The number of para-hydroxylation sites is 1. The first-order valence-corrected chi connectivity index (χ1v) is 9.60. The Hall–Kier alpha value is -2.47. The highest BCUT2D eigenvalue weighted by Gasteiger charge is 2.12. The van der Waals surface area contributed by atoms with Gasteiger partial charge in [0.2, 0.25) is 5.88 Å². The molecule has 3 rings (SSSR count). The van der Waals surface area contributed by atoms with Crippen LogP contribution in [0.5, 0.6) is 11.6 Å². The van der Waals surface area contributed by atoms with Gasteiger partial charge in [0.15, 0.2) is 5.16 Å². The van der Waals surface area contributed by atoms with Gasteiger partial charge < -0.3 is 4.74 Å². The summed E-state index contributed by atoms with van der Waals surface area (Å²) < 4.78 is 32.9. The zero-order valence-electron chi connectivity index (χ0n) is 15.4. The van der Waals surface area contributed by atoms with Crippen LogP contribution in [-0.4, -0.2) is 9.97 Å². The van der Waals surface area contributed by atoms with Crippen molar-refractivity contribution in [3.63, 3.8) is 0 Å². The van der Waals surface area contributed by atoms with Gasteiger partial charge in [-0.2, -0.15) is 4.98 Å². The van der Waals surface area contributed by atoms with Gasteiger partial charge in [-0.15, -0.1) is 0 Å². The maximum Gasteiger partial charge on any atom is 0.223 e. The van der Waals surface area contributed by atoms with Crippen LogP contribution in [0.15, 0.2) is 53.7 Å². The van der Waals surface area contributed by atoms with Crippen LogP contribution >= 0.6 is 11.8 Å². The highest BCUT2D eigenvalue weighted by molar-refractivity contribution is 7.98. The number of rotatable bonds is 6. The van der Waals surface area contributed by atoms with Gasteiger partial charge in [-0.25, -0.2) is 13.8 Å². The average Bonchev–Trinajstić information content (AvgIpc) is 2.63. The molecule has 0 amide bonds. The van der Waals surface area contributed by atoms with E-state index < -0.39 is 11.6 Å². The van der Waals surface area contributed by atoms with Crippen molar-refractivity contribution in [2.24, 2.45) is 0 Å². The van der Waals surface area contributed by atoms with Gasteiger partial charge in [-0.1, -0.05) is 49.9 Å². The quantitative estimate of drug-likeness (QED) is 0.369. The number of hydrogen-bond acceptors (Lipinski definition) is 4. The predicted molar refractivity (Wildman–Crippen MR) is 103 cm³/mol. The van der Waals surface area contributed by atoms with E-state index in [0.717, 1.165) is 23.1 Å². The van der Waals surface area contributed by atoms with Crippen LogP contribution in [0.4, 0.5) is 8.78 Å². The molecule has 2 aromatic carbocycles. The standard InChI is InChI=1S/C21H20F2N2OS/c1-13(2)18-11-20(26-19-7-5-4-6-14(19)3)25-21(24-18)27-12-15-8-9-16(22)10-17(15)23/h4-11,13H,12H2,1-3H3. The summed E-state index contributed by atoms with van der Waals surface area (Å²) in [7, 11) is 0. The number of hydrogen-bond donors (Lipinski definition) is 0. The lowest BCUT2D eigenvalue weighted by Gasteiger charge is -2.12. The van der Waals surface area contributed by atoms with Crippen molar-refractivity contribution in [2.45, 2.75) is 37.6 Å². The smallest absolute Gasteiger partial charge is 0.223 e. The molecular weight excluding hydrogens is 366 g/mol. The first-order chi connectivity index (χ1) is 12.9. The minimum Gasteiger partial charge on any atom is -0.439 e. The van der Waals surface area contributed by atoms with E-state index in [9.17, 15) is 8.78 Å². The third-order valence-corrected chi connectivity index (χ3v) is 4.87. The number of aromatic nitrogens is 2. The van der Waals surface area contributed by atoms with E-state index in [2.05, 4.69) is 9.97 Å². The van der Waals surface area contributed by atoms with E-state index in [1.54, 1.807) is 0 Å². The van der Waals surface area contributed by atoms with E-state index >= 15 is 0 Å². The molecule has 0 aliphatic carbocycles. The molecule has 0 saturated heterocycles. The predicted octanol–water partition coefficient (Wildman–Crippen LogP) is 6.27. The Balaban J connectivity index is 1.84. The molecule has 0 radical (unpaired) electrons. The molecule has 27 heavy (non-hydrogen) atoms. The van der Waals surface area contributed by atoms with Crippen molar-refractivity contribution in [1.29, 1.82) is 0 Å². The Bertz CT molecular complexity index is 947. The molecular formula is C21H20F2N2OS. The second-order valence-corrected chi connectivity index (χ2v) is 7.40. The number of thioether (sulfide) groups is 1. The van der Waals surface area contributed by atoms with Gasteiger partial charge in [0.25, 0.3) is 0 Å². The van der Waals surface area contributed by atoms with Crippen molar-refractivity contribution in [3.8, 4) is 11.6 Å². The molecule has 0 spiro atoms. The van der Waals surface area contributed by atoms with Gasteiger partial charge in [0.1, 0.15) is 17.4 Å². The van der Waals surface area contributed by atoms with E-state index in [0.29, 0.717) is 22.4 Å². The number of aryl methyl sites for hydroxylation is 1. The molecule has 0 aliphatic rings. The Labute approximate surface area is 161 Å². The molecule has 3 nitrogen and oxygen atoms in total. The molecule has 0 N–H and O–H groups in total. The Kier molecular flexibility index (Phi) is 6.06. The molecule has 0 unspecified atom stereocenters. The Morgan fingerprint density at radius 2 is 1.81 bits per heavy atom. The second-order valence-electron chi connectivity index (χ2n) is 6.46. The Morgan fingerprint density at radius 1 is 1.04 bits per heavy atom. The third kappa shape index (κ3) is 5.04. The summed E-state index contributed by atoms with van der Waals surface area (Å²) in [5.74, 6) is 0.509. The molecule has 6 heteroatoms. The number of ether oxygens (including phenoxy) is 1. The molecule has 0 saturated carbocycles. The fraction of sp³-hybridized carbons (Fsp3) is 0.238. The minimum absolute atomic E-state index is 0.189. The summed E-state index contributed by atoms with van der Waals surface area (Å²) in [5, 5.41) is 0.494. The zero-order chi connectivity index (χ0) is 19.4.